The Bertz CT molecular complexity index is 507. The Morgan fingerprint density at radius 2 is 1.88 bits per heavy atom. The Morgan fingerprint density at radius 1 is 1.24 bits per heavy atom. The average molecular weight is 302 g/mol. The van der Waals surface area contributed by atoms with Crippen molar-refractivity contribution in [2.75, 3.05) is 7.05 Å². The normalized spacial score (nSPS) is 12.7. The molecule has 2 nitrogen and oxygen atoms in total. The Morgan fingerprint density at radius 3 is 2.35 bits per heavy atom. The Balaban J connectivity index is 2.53. The van der Waals surface area contributed by atoms with E-state index in [1.54, 1.807) is 13.1 Å². The van der Waals surface area contributed by atoms with Gasteiger partial charge in [-0.15, -0.1) is 0 Å². The molecule has 0 radical (unpaired) electrons. The van der Waals surface area contributed by atoms with Crippen molar-refractivity contribution in [3.8, 4) is 0 Å². The monoisotopic (exact) mass is 301 g/mol. The van der Waals surface area contributed by atoms with Crippen molar-refractivity contribution in [1.82, 2.24) is 5.32 Å². The summed E-state index contributed by atoms with van der Waals surface area (Å²) >= 11 is 3.28. The van der Waals surface area contributed by atoms with E-state index in [2.05, 4.69) is 21.2 Å². The molecule has 17 heavy (non-hydrogen) atoms. The van der Waals surface area contributed by atoms with E-state index in [-0.39, 0.29) is 5.56 Å². The number of hydrogen-bond acceptors (Lipinski definition) is 2. The summed E-state index contributed by atoms with van der Waals surface area (Å²) in [5.74, 6) is -0.767. The lowest BCUT2D eigenvalue weighted by molar-refractivity contribution is 0.436. The van der Waals surface area contributed by atoms with Gasteiger partial charge in [0.15, 0.2) is 0 Å². The molecule has 0 aliphatic rings. The van der Waals surface area contributed by atoms with E-state index in [4.69, 9.17) is 4.42 Å². The summed E-state index contributed by atoms with van der Waals surface area (Å²) in [6.45, 7) is 0. The van der Waals surface area contributed by atoms with Gasteiger partial charge < -0.3 is 9.73 Å². The highest BCUT2D eigenvalue weighted by atomic mass is 79.9. The van der Waals surface area contributed by atoms with Crippen LogP contribution in [0.15, 0.2) is 39.4 Å². The van der Waals surface area contributed by atoms with Crippen LogP contribution in [0.1, 0.15) is 17.4 Å². The summed E-state index contributed by atoms with van der Waals surface area (Å²) in [4.78, 5) is 0. The van der Waals surface area contributed by atoms with Gasteiger partial charge in [-0.25, -0.2) is 8.78 Å². The molecule has 2 rings (SSSR count). The van der Waals surface area contributed by atoms with Crippen molar-refractivity contribution in [3.05, 3.63) is 58.0 Å². The van der Waals surface area contributed by atoms with Crippen LogP contribution in [-0.4, -0.2) is 7.05 Å². The third-order valence-corrected chi connectivity index (χ3v) is 3.14. The van der Waals surface area contributed by atoms with E-state index in [1.807, 2.05) is 0 Å². The van der Waals surface area contributed by atoms with Crippen LogP contribution < -0.4 is 5.32 Å². The van der Waals surface area contributed by atoms with Gasteiger partial charge in [-0.3, -0.25) is 0 Å². The van der Waals surface area contributed by atoms with Crippen LogP contribution in [0.3, 0.4) is 0 Å². The van der Waals surface area contributed by atoms with Gasteiger partial charge in [0.05, 0.1) is 16.8 Å². The first kappa shape index (κ1) is 12.3. The van der Waals surface area contributed by atoms with Gasteiger partial charge in [-0.1, -0.05) is 6.07 Å². The predicted octanol–water partition coefficient (Wildman–Crippen LogP) is 3.63. The summed E-state index contributed by atoms with van der Waals surface area (Å²) in [6.07, 6.45) is 1.46. The highest BCUT2D eigenvalue weighted by Crippen LogP contribution is 2.31. The van der Waals surface area contributed by atoms with Crippen LogP contribution in [0.4, 0.5) is 8.78 Å². The lowest BCUT2D eigenvalue weighted by atomic mass is 10.0. The van der Waals surface area contributed by atoms with E-state index in [0.29, 0.717) is 10.2 Å². The maximum absolute atomic E-state index is 13.7. The first-order valence-corrected chi connectivity index (χ1v) is 5.78. The molecular weight excluding hydrogens is 292 g/mol. The summed E-state index contributed by atoms with van der Waals surface area (Å²) in [7, 11) is 1.62. The minimum absolute atomic E-state index is 0.0503. The lowest BCUT2D eigenvalue weighted by Crippen LogP contribution is -2.20. The van der Waals surface area contributed by atoms with Crippen LogP contribution in [0, 0.1) is 11.6 Å². The largest absolute Gasteiger partial charge is 0.466 e. The van der Waals surface area contributed by atoms with Gasteiger partial charge in [-0.05, 0) is 41.2 Å². The molecule has 0 amide bonds. The van der Waals surface area contributed by atoms with Crippen LogP contribution in [-0.2, 0) is 0 Å². The van der Waals surface area contributed by atoms with Crippen molar-refractivity contribution in [2.45, 2.75) is 6.04 Å². The highest BCUT2D eigenvalue weighted by molar-refractivity contribution is 9.10. The second-order valence-corrected chi connectivity index (χ2v) is 4.34. The number of nitrogens with one attached hydrogen (secondary N) is 1. The molecule has 0 bridgehead atoms. The molecule has 1 heterocycles. The molecule has 1 N–H and O–H groups in total. The fourth-order valence-electron chi connectivity index (χ4n) is 1.70. The van der Waals surface area contributed by atoms with E-state index in [1.165, 1.54) is 24.5 Å². The molecule has 0 spiro atoms. The van der Waals surface area contributed by atoms with Crippen LogP contribution in [0.5, 0.6) is 0 Å². The van der Waals surface area contributed by atoms with Gasteiger partial charge in [0.1, 0.15) is 17.4 Å². The third-order valence-electron chi connectivity index (χ3n) is 2.48. The lowest BCUT2D eigenvalue weighted by Gasteiger charge is -2.16. The highest BCUT2D eigenvalue weighted by Gasteiger charge is 2.24. The predicted molar refractivity (Wildman–Crippen MR) is 63.7 cm³/mol. The summed E-state index contributed by atoms with van der Waals surface area (Å²) < 4.78 is 33.3. The van der Waals surface area contributed by atoms with E-state index >= 15 is 0 Å². The number of furan rings is 1. The molecule has 2 aromatic rings. The smallest absolute Gasteiger partial charge is 0.139 e. The topological polar surface area (TPSA) is 25.2 Å². The van der Waals surface area contributed by atoms with Crippen molar-refractivity contribution < 1.29 is 13.2 Å². The van der Waals surface area contributed by atoms with E-state index < -0.39 is 17.7 Å². The summed E-state index contributed by atoms with van der Waals surface area (Å²) in [5.41, 5.74) is -0.0503. The standard InChI is InChI=1S/C12H10BrF2NO/c1-16-11(12-7(13)5-6-17-12)10-8(14)3-2-4-9(10)15/h2-6,11,16H,1H3. The van der Waals surface area contributed by atoms with Crippen LogP contribution >= 0.6 is 15.9 Å². The molecule has 90 valence electrons. The van der Waals surface area contributed by atoms with Crippen LogP contribution in [0.25, 0.3) is 0 Å². The molecule has 1 aromatic carbocycles. The second kappa shape index (κ2) is 4.98. The van der Waals surface area contributed by atoms with Gasteiger partial charge in [-0.2, -0.15) is 0 Å². The average Bonchev–Trinajstić information content (AvgIpc) is 2.70. The maximum Gasteiger partial charge on any atom is 0.139 e. The van der Waals surface area contributed by atoms with Gasteiger partial charge in [0.2, 0.25) is 0 Å². The quantitative estimate of drug-likeness (QED) is 0.936. The molecule has 0 aliphatic heterocycles. The molecule has 0 saturated heterocycles. The minimum atomic E-state index is -0.666. The fraction of sp³-hybridized carbons (Fsp3) is 0.167. The first-order chi connectivity index (χ1) is 8.15. The molecule has 1 atom stereocenters. The zero-order valence-corrected chi connectivity index (χ0v) is 10.6. The summed E-state index contributed by atoms with van der Waals surface area (Å²) in [5, 5.41) is 2.84. The van der Waals surface area contributed by atoms with Crippen molar-refractivity contribution in [2.24, 2.45) is 0 Å². The van der Waals surface area contributed by atoms with E-state index in [9.17, 15) is 8.78 Å². The van der Waals surface area contributed by atoms with Crippen molar-refractivity contribution >= 4 is 15.9 Å². The fourth-order valence-corrected chi connectivity index (χ4v) is 2.13. The number of hydrogen-bond donors (Lipinski definition) is 1. The molecular formula is C12H10BrF2NO. The van der Waals surface area contributed by atoms with Gasteiger partial charge >= 0.3 is 0 Å². The molecule has 5 heteroatoms. The van der Waals surface area contributed by atoms with Crippen LogP contribution in [0.2, 0.25) is 0 Å². The zero-order chi connectivity index (χ0) is 12.4. The Hall–Kier alpha value is -1.20. The maximum atomic E-state index is 13.7. The number of benzene rings is 1. The number of rotatable bonds is 3. The molecule has 1 unspecified atom stereocenters. The molecule has 0 saturated carbocycles. The number of halogens is 3. The Kier molecular flexibility index (Phi) is 3.59. The Labute approximate surface area is 106 Å². The zero-order valence-electron chi connectivity index (χ0n) is 9.01. The minimum Gasteiger partial charge on any atom is -0.466 e. The molecule has 1 aromatic heterocycles. The van der Waals surface area contributed by atoms with E-state index in [0.717, 1.165) is 0 Å². The summed E-state index contributed by atoms with van der Waals surface area (Å²) in [6, 6.07) is 4.79. The van der Waals surface area contributed by atoms with Gasteiger partial charge in [0.25, 0.3) is 0 Å². The molecule has 0 aliphatic carbocycles. The first-order valence-electron chi connectivity index (χ1n) is 4.99. The van der Waals surface area contributed by atoms with Crippen molar-refractivity contribution in [3.63, 3.8) is 0 Å². The molecule has 0 fully saturated rings. The second-order valence-electron chi connectivity index (χ2n) is 3.49. The SMILES string of the molecule is CNC(c1occc1Br)c1c(F)cccc1F. The van der Waals surface area contributed by atoms with Crippen molar-refractivity contribution in [1.29, 1.82) is 0 Å². The third kappa shape index (κ3) is 2.25. The van der Waals surface area contributed by atoms with Gasteiger partial charge in [0, 0.05) is 5.56 Å².